The number of nitrogen functional groups attached to an aromatic ring is 1. The number of aromatic nitrogens is 4. The number of para-hydroxylation sites is 1. The summed E-state index contributed by atoms with van der Waals surface area (Å²) in [6, 6.07) is 12.6. The van der Waals surface area contributed by atoms with Crippen LogP contribution in [0.2, 0.25) is 0 Å². The Kier molecular flexibility index (Phi) is 5.17. The van der Waals surface area contributed by atoms with Gasteiger partial charge < -0.3 is 10.6 Å². The van der Waals surface area contributed by atoms with Crippen molar-refractivity contribution in [2.45, 2.75) is 25.8 Å². The second kappa shape index (κ2) is 8.19. The molecule has 1 saturated heterocycles. The molecule has 1 aliphatic heterocycles. The standard InChI is InChI=1S/C24H19F2N7O/c1-13-15(12-27)21(31-24(28)29-13)32-11-5-8-18(32)22-30-17-10-9-16(25)20(26)19(17)23(34)33(22)14-6-3-2-4-7-14/h2-4,6-7,9-10,18H,5,8,11H2,1H3,(H2,28,29,31)/t18-/m0/s1. The predicted octanol–water partition coefficient (Wildman–Crippen LogP) is 3.56. The highest BCUT2D eigenvalue weighted by atomic mass is 19.2. The van der Waals surface area contributed by atoms with Gasteiger partial charge in [0, 0.05) is 6.54 Å². The highest BCUT2D eigenvalue weighted by molar-refractivity contribution is 5.79. The molecule has 1 aliphatic rings. The van der Waals surface area contributed by atoms with Gasteiger partial charge in [-0.05, 0) is 44.0 Å². The molecule has 0 spiro atoms. The van der Waals surface area contributed by atoms with Crippen LogP contribution in [-0.4, -0.2) is 26.1 Å². The van der Waals surface area contributed by atoms with Crippen LogP contribution in [-0.2, 0) is 0 Å². The molecule has 10 heteroatoms. The Bertz CT molecular complexity index is 1530. The molecule has 2 N–H and O–H groups in total. The predicted molar refractivity (Wildman–Crippen MR) is 122 cm³/mol. The molecular formula is C24H19F2N7O. The molecular weight excluding hydrogens is 440 g/mol. The number of nitriles is 1. The maximum absolute atomic E-state index is 14.7. The molecule has 2 aromatic carbocycles. The number of nitrogens with zero attached hydrogens (tertiary/aromatic N) is 6. The maximum atomic E-state index is 14.7. The van der Waals surface area contributed by atoms with Crippen LogP contribution in [0.4, 0.5) is 20.5 Å². The van der Waals surface area contributed by atoms with Gasteiger partial charge in [0.1, 0.15) is 22.8 Å². The number of benzene rings is 2. The summed E-state index contributed by atoms with van der Waals surface area (Å²) in [6.45, 7) is 2.21. The molecule has 170 valence electrons. The molecule has 0 radical (unpaired) electrons. The van der Waals surface area contributed by atoms with Gasteiger partial charge in [0.2, 0.25) is 5.95 Å². The average Bonchev–Trinajstić information content (AvgIpc) is 3.31. The monoisotopic (exact) mass is 459 g/mol. The largest absolute Gasteiger partial charge is 0.368 e. The second-order valence-electron chi connectivity index (χ2n) is 8.03. The van der Waals surface area contributed by atoms with E-state index in [0.29, 0.717) is 36.0 Å². The van der Waals surface area contributed by atoms with Crippen molar-refractivity contribution < 1.29 is 8.78 Å². The van der Waals surface area contributed by atoms with Gasteiger partial charge >= 0.3 is 0 Å². The van der Waals surface area contributed by atoms with E-state index in [1.807, 2.05) is 4.90 Å². The van der Waals surface area contributed by atoms with Crippen LogP contribution in [0.3, 0.4) is 0 Å². The molecule has 8 nitrogen and oxygen atoms in total. The number of aryl methyl sites for hydroxylation is 1. The average molecular weight is 459 g/mol. The first kappa shape index (κ1) is 21.5. The first-order valence-electron chi connectivity index (χ1n) is 10.7. The summed E-state index contributed by atoms with van der Waals surface area (Å²) in [5.74, 6) is -1.63. The summed E-state index contributed by atoms with van der Waals surface area (Å²) in [6.07, 6.45) is 1.33. The fourth-order valence-corrected chi connectivity index (χ4v) is 4.48. The zero-order valence-electron chi connectivity index (χ0n) is 18.2. The molecule has 0 saturated carbocycles. The van der Waals surface area contributed by atoms with E-state index in [4.69, 9.17) is 5.73 Å². The fraction of sp³-hybridized carbons (Fsp3) is 0.208. The van der Waals surface area contributed by atoms with Gasteiger partial charge in [0.15, 0.2) is 17.5 Å². The SMILES string of the molecule is Cc1nc(N)nc(N2CCC[C@H]2c2nc3ccc(F)c(F)c3c(=O)n2-c2ccccc2)c1C#N. The molecule has 0 amide bonds. The van der Waals surface area contributed by atoms with E-state index in [9.17, 15) is 18.8 Å². The molecule has 5 rings (SSSR count). The zero-order chi connectivity index (χ0) is 24.0. The number of halogens is 2. The van der Waals surface area contributed by atoms with E-state index < -0.39 is 28.6 Å². The van der Waals surface area contributed by atoms with E-state index in [-0.39, 0.29) is 17.0 Å². The van der Waals surface area contributed by atoms with Gasteiger partial charge in [-0.15, -0.1) is 0 Å². The van der Waals surface area contributed by atoms with Crippen molar-refractivity contribution >= 4 is 22.7 Å². The number of anilines is 2. The van der Waals surface area contributed by atoms with Crippen molar-refractivity contribution in [3.63, 3.8) is 0 Å². The Hall–Kier alpha value is -4.39. The molecule has 4 aromatic rings. The topological polar surface area (TPSA) is 114 Å². The number of hydrogen-bond acceptors (Lipinski definition) is 7. The van der Waals surface area contributed by atoms with Gasteiger partial charge in [-0.3, -0.25) is 9.36 Å². The molecule has 0 bridgehead atoms. The summed E-state index contributed by atoms with van der Waals surface area (Å²) in [4.78, 5) is 28.5. The van der Waals surface area contributed by atoms with Gasteiger partial charge in [-0.1, -0.05) is 18.2 Å². The third kappa shape index (κ3) is 3.33. The Morgan fingerprint density at radius 3 is 2.62 bits per heavy atom. The summed E-state index contributed by atoms with van der Waals surface area (Å²) in [5.41, 5.74) is 6.41. The minimum Gasteiger partial charge on any atom is -0.368 e. The van der Waals surface area contributed by atoms with Crippen LogP contribution in [0, 0.1) is 29.9 Å². The maximum Gasteiger partial charge on any atom is 0.269 e. The van der Waals surface area contributed by atoms with Crippen LogP contribution in [0.1, 0.15) is 36.0 Å². The van der Waals surface area contributed by atoms with Crippen molar-refractivity contribution in [1.82, 2.24) is 19.5 Å². The smallest absolute Gasteiger partial charge is 0.269 e. The lowest BCUT2D eigenvalue weighted by molar-refractivity contribution is 0.515. The van der Waals surface area contributed by atoms with Gasteiger partial charge in [0.05, 0.1) is 22.9 Å². The molecule has 34 heavy (non-hydrogen) atoms. The first-order chi connectivity index (χ1) is 16.4. The fourth-order valence-electron chi connectivity index (χ4n) is 4.48. The number of rotatable bonds is 3. The third-order valence-electron chi connectivity index (χ3n) is 5.99. The summed E-state index contributed by atoms with van der Waals surface area (Å²) >= 11 is 0. The van der Waals surface area contributed by atoms with E-state index >= 15 is 0 Å². The normalized spacial score (nSPS) is 15.6. The third-order valence-corrected chi connectivity index (χ3v) is 5.99. The molecule has 0 aliphatic carbocycles. The van der Waals surface area contributed by atoms with Crippen molar-refractivity contribution in [2.24, 2.45) is 0 Å². The molecule has 3 heterocycles. The van der Waals surface area contributed by atoms with Crippen LogP contribution < -0.4 is 16.2 Å². The summed E-state index contributed by atoms with van der Waals surface area (Å²) < 4.78 is 30.0. The Morgan fingerprint density at radius 1 is 1.12 bits per heavy atom. The zero-order valence-corrected chi connectivity index (χ0v) is 18.2. The van der Waals surface area contributed by atoms with Crippen LogP contribution in [0.5, 0.6) is 0 Å². The lowest BCUT2D eigenvalue weighted by Gasteiger charge is -2.28. The minimum absolute atomic E-state index is 0.0293. The van der Waals surface area contributed by atoms with E-state index in [0.717, 1.165) is 12.5 Å². The Labute approximate surface area is 192 Å². The van der Waals surface area contributed by atoms with Crippen molar-refractivity contribution in [3.8, 4) is 11.8 Å². The van der Waals surface area contributed by atoms with Crippen LogP contribution >= 0.6 is 0 Å². The number of hydrogen-bond donors (Lipinski definition) is 1. The number of nitrogens with two attached hydrogens (primary N) is 1. The first-order valence-corrected chi connectivity index (χ1v) is 10.7. The molecule has 0 unspecified atom stereocenters. The lowest BCUT2D eigenvalue weighted by Crippen LogP contribution is -2.33. The molecule has 1 atom stereocenters. The highest BCUT2D eigenvalue weighted by Crippen LogP contribution is 2.37. The van der Waals surface area contributed by atoms with Gasteiger partial charge in [-0.25, -0.2) is 18.7 Å². The number of fused-ring (bicyclic) bond motifs is 1. The van der Waals surface area contributed by atoms with Crippen LogP contribution in [0.15, 0.2) is 47.3 Å². The Balaban J connectivity index is 1.80. The second-order valence-corrected chi connectivity index (χ2v) is 8.03. The van der Waals surface area contributed by atoms with Gasteiger partial charge in [-0.2, -0.15) is 10.2 Å². The lowest BCUT2D eigenvalue weighted by atomic mass is 10.1. The van der Waals surface area contributed by atoms with E-state index in [2.05, 4.69) is 21.0 Å². The van der Waals surface area contributed by atoms with Crippen molar-refractivity contribution in [3.05, 3.63) is 81.5 Å². The van der Waals surface area contributed by atoms with Crippen molar-refractivity contribution in [2.75, 3.05) is 17.2 Å². The van der Waals surface area contributed by atoms with E-state index in [1.54, 1.807) is 37.3 Å². The highest BCUT2D eigenvalue weighted by Gasteiger charge is 2.34. The van der Waals surface area contributed by atoms with Crippen LogP contribution in [0.25, 0.3) is 16.6 Å². The quantitative estimate of drug-likeness (QED) is 0.498. The summed E-state index contributed by atoms with van der Waals surface area (Å²) in [5, 5.41) is 9.32. The minimum atomic E-state index is -1.24. The van der Waals surface area contributed by atoms with Gasteiger partial charge in [0.25, 0.3) is 5.56 Å². The summed E-state index contributed by atoms with van der Waals surface area (Å²) in [7, 11) is 0. The Morgan fingerprint density at radius 2 is 1.88 bits per heavy atom. The van der Waals surface area contributed by atoms with Crippen molar-refractivity contribution in [1.29, 1.82) is 5.26 Å². The van der Waals surface area contributed by atoms with E-state index in [1.165, 1.54) is 10.6 Å². The molecule has 1 fully saturated rings. The molecule has 2 aromatic heterocycles.